The molecule has 0 spiro atoms. The fraction of sp³-hybridized carbons (Fsp3) is 0.600. The molecule has 3 rings (SSSR count). The fourth-order valence-corrected chi connectivity index (χ4v) is 4.00. The second-order valence-corrected chi connectivity index (χ2v) is 7.40. The second-order valence-electron chi connectivity index (χ2n) is 7.40. The van der Waals surface area contributed by atoms with Crippen molar-refractivity contribution in [2.75, 3.05) is 50.8 Å². The first kappa shape index (κ1) is 18.9. The molecule has 2 aliphatic heterocycles. The van der Waals surface area contributed by atoms with Crippen LogP contribution in [0.2, 0.25) is 0 Å². The van der Waals surface area contributed by atoms with E-state index in [1.807, 2.05) is 13.8 Å². The Hall–Kier alpha value is -1.92. The molecule has 2 aliphatic rings. The molecule has 2 fully saturated rings. The van der Waals surface area contributed by atoms with Crippen molar-refractivity contribution in [3.8, 4) is 0 Å². The second kappa shape index (κ2) is 8.18. The Morgan fingerprint density at radius 3 is 2.50 bits per heavy atom. The van der Waals surface area contributed by atoms with Crippen LogP contribution >= 0.6 is 0 Å². The third-order valence-electron chi connectivity index (χ3n) is 5.23. The van der Waals surface area contributed by atoms with Gasteiger partial charge in [0.25, 0.3) is 0 Å². The molecule has 2 amide bonds. The first-order valence-corrected chi connectivity index (χ1v) is 9.41. The van der Waals surface area contributed by atoms with Crippen LogP contribution in [0.4, 0.5) is 5.69 Å². The highest BCUT2D eigenvalue weighted by Crippen LogP contribution is 2.31. The van der Waals surface area contributed by atoms with Gasteiger partial charge in [-0.05, 0) is 31.9 Å². The Bertz CT molecular complexity index is 660. The van der Waals surface area contributed by atoms with Gasteiger partial charge in [-0.25, -0.2) is 0 Å². The molecule has 0 aliphatic carbocycles. The Balaban J connectivity index is 1.56. The van der Waals surface area contributed by atoms with Crippen molar-refractivity contribution in [3.05, 3.63) is 28.8 Å². The van der Waals surface area contributed by atoms with E-state index in [2.05, 4.69) is 29.3 Å². The van der Waals surface area contributed by atoms with Crippen molar-refractivity contribution in [2.45, 2.75) is 27.2 Å². The van der Waals surface area contributed by atoms with Crippen LogP contribution in [0.5, 0.6) is 0 Å². The van der Waals surface area contributed by atoms with Crippen LogP contribution in [0.25, 0.3) is 0 Å². The van der Waals surface area contributed by atoms with Crippen LogP contribution in [-0.4, -0.2) is 62.7 Å². The number of ether oxygens (including phenoxy) is 1. The molecule has 0 saturated carbocycles. The van der Waals surface area contributed by atoms with E-state index in [1.165, 1.54) is 5.56 Å². The minimum absolute atomic E-state index is 0.0171. The molecule has 1 N–H and O–H groups in total. The largest absolute Gasteiger partial charge is 0.379 e. The number of hydrogen-bond acceptors (Lipinski definition) is 4. The number of nitrogens with one attached hydrogen (secondary N) is 1. The Labute approximate surface area is 155 Å². The third kappa shape index (κ3) is 4.24. The molecule has 1 atom stereocenters. The van der Waals surface area contributed by atoms with Crippen molar-refractivity contribution in [3.63, 3.8) is 0 Å². The predicted molar refractivity (Wildman–Crippen MR) is 101 cm³/mol. The molecule has 2 saturated heterocycles. The minimum atomic E-state index is -0.271. The summed E-state index contributed by atoms with van der Waals surface area (Å²) in [7, 11) is 0. The molecule has 1 unspecified atom stereocenters. The first-order chi connectivity index (χ1) is 12.5. The van der Waals surface area contributed by atoms with Gasteiger partial charge in [-0.1, -0.05) is 17.7 Å². The summed E-state index contributed by atoms with van der Waals surface area (Å²) in [5, 5.41) is 3.00. The molecule has 0 aromatic heterocycles. The molecule has 6 nitrogen and oxygen atoms in total. The number of nitrogens with zero attached hydrogens (tertiary/aromatic N) is 2. The van der Waals surface area contributed by atoms with Gasteiger partial charge in [0.2, 0.25) is 11.8 Å². The SMILES string of the molecule is Cc1cc(C)c(N2CC(C(=O)NCCN3CCOCC3)CC2=O)c(C)c1. The van der Waals surface area contributed by atoms with Crippen molar-refractivity contribution in [1.82, 2.24) is 10.2 Å². The van der Waals surface area contributed by atoms with E-state index in [0.717, 1.165) is 49.7 Å². The van der Waals surface area contributed by atoms with Gasteiger partial charge >= 0.3 is 0 Å². The van der Waals surface area contributed by atoms with Gasteiger partial charge in [0.1, 0.15) is 0 Å². The summed E-state index contributed by atoms with van der Waals surface area (Å²) < 4.78 is 5.33. The molecule has 26 heavy (non-hydrogen) atoms. The highest BCUT2D eigenvalue weighted by molar-refractivity contribution is 6.01. The summed E-state index contributed by atoms with van der Waals surface area (Å²) in [6.07, 6.45) is 0.288. The van der Waals surface area contributed by atoms with Gasteiger partial charge in [0, 0.05) is 44.8 Å². The average Bonchev–Trinajstić information content (AvgIpc) is 2.97. The standard InChI is InChI=1S/C20H29N3O3/c1-14-10-15(2)19(16(3)11-14)23-13-17(12-18(23)24)20(25)21-4-5-22-6-8-26-9-7-22/h10-11,17H,4-9,12-13H2,1-3H3,(H,21,25). The monoisotopic (exact) mass is 359 g/mol. The summed E-state index contributed by atoms with van der Waals surface area (Å²) >= 11 is 0. The maximum absolute atomic E-state index is 12.5. The maximum atomic E-state index is 12.5. The minimum Gasteiger partial charge on any atom is -0.379 e. The smallest absolute Gasteiger partial charge is 0.227 e. The molecule has 0 bridgehead atoms. The first-order valence-electron chi connectivity index (χ1n) is 9.41. The van der Waals surface area contributed by atoms with E-state index in [0.29, 0.717) is 13.1 Å². The van der Waals surface area contributed by atoms with Crippen molar-refractivity contribution in [2.24, 2.45) is 5.92 Å². The highest BCUT2D eigenvalue weighted by atomic mass is 16.5. The van der Waals surface area contributed by atoms with Crippen LogP contribution < -0.4 is 10.2 Å². The number of carbonyl (C=O) groups is 2. The summed E-state index contributed by atoms with van der Waals surface area (Å²) in [5.74, 6) is -0.253. The summed E-state index contributed by atoms with van der Waals surface area (Å²) in [4.78, 5) is 29.1. The molecular weight excluding hydrogens is 330 g/mol. The van der Waals surface area contributed by atoms with Gasteiger partial charge in [-0.2, -0.15) is 0 Å². The number of hydrogen-bond donors (Lipinski definition) is 1. The van der Waals surface area contributed by atoms with Crippen LogP contribution in [0.3, 0.4) is 0 Å². The quantitative estimate of drug-likeness (QED) is 0.864. The van der Waals surface area contributed by atoms with E-state index in [9.17, 15) is 9.59 Å². The molecule has 142 valence electrons. The zero-order valence-electron chi connectivity index (χ0n) is 16.0. The van der Waals surface area contributed by atoms with Crippen LogP contribution in [0, 0.1) is 26.7 Å². The number of aryl methyl sites for hydroxylation is 3. The van der Waals surface area contributed by atoms with E-state index in [-0.39, 0.29) is 24.2 Å². The number of anilines is 1. The van der Waals surface area contributed by atoms with Gasteiger partial charge < -0.3 is 15.0 Å². The highest BCUT2D eigenvalue weighted by Gasteiger charge is 2.36. The number of morpholine rings is 1. The van der Waals surface area contributed by atoms with Crippen LogP contribution in [0.1, 0.15) is 23.1 Å². The molecule has 1 aromatic rings. The lowest BCUT2D eigenvalue weighted by atomic mass is 10.0. The van der Waals surface area contributed by atoms with Crippen molar-refractivity contribution in [1.29, 1.82) is 0 Å². The number of rotatable bonds is 5. The average molecular weight is 359 g/mol. The van der Waals surface area contributed by atoms with Gasteiger partial charge in [0.05, 0.1) is 19.1 Å². The van der Waals surface area contributed by atoms with E-state index >= 15 is 0 Å². The summed E-state index contributed by atoms with van der Waals surface area (Å²) in [6.45, 7) is 11.4. The predicted octanol–water partition coefficient (Wildman–Crippen LogP) is 1.41. The van der Waals surface area contributed by atoms with Crippen LogP contribution in [-0.2, 0) is 14.3 Å². The molecular formula is C20H29N3O3. The Morgan fingerprint density at radius 1 is 1.19 bits per heavy atom. The topological polar surface area (TPSA) is 61.9 Å². The molecule has 0 radical (unpaired) electrons. The van der Waals surface area contributed by atoms with Gasteiger partial charge in [0.15, 0.2) is 0 Å². The third-order valence-corrected chi connectivity index (χ3v) is 5.23. The zero-order chi connectivity index (χ0) is 18.7. The van der Waals surface area contributed by atoms with Crippen molar-refractivity contribution >= 4 is 17.5 Å². The lowest BCUT2D eigenvalue weighted by Crippen LogP contribution is -2.42. The number of carbonyl (C=O) groups excluding carboxylic acids is 2. The Morgan fingerprint density at radius 2 is 1.85 bits per heavy atom. The van der Waals surface area contributed by atoms with E-state index in [1.54, 1.807) is 4.90 Å². The molecule has 1 aromatic carbocycles. The lowest BCUT2D eigenvalue weighted by molar-refractivity contribution is -0.126. The zero-order valence-corrected chi connectivity index (χ0v) is 16.0. The lowest BCUT2D eigenvalue weighted by Gasteiger charge is -2.26. The van der Waals surface area contributed by atoms with E-state index in [4.69, 9.17) is 4.74 Å². The summed E-state index contributed by atoms with van der Waals surface area (Å²) in [6, 6.07) is 4.18. The van der Waals surface area contributed by atoms with Gasteiger partial charge in [-0.15, -0.1) is 0 Å². The number of amides is 2. The summed E-state index contributed by atoms with van der Waals surface area (Å²) in [5.41, 5.74) is 4.32. The van der Waals surface area contributed by atoms with Crippen LogP contribution in [0.15, 0.2) is 12.1 Å². The number of benzene rings is 1. The molecule has 6 heteroatoms. The fourth-order valence-electron chi connectivity index (χ4n) is 4.00. The van der Waals surface area contributed by atoms with E-state index < -0.39 is 0 Å². The maximum Gasteiger partial charge on any atom is 0.227 e. The molecule has 2 heterocycles. The van der Waals surface area contributed by atoms with Crippen molar-refractivity contribution < 1.29 is 14.3 Å². The Kier molecular flexibility index (Phi) is 5.94. The normalized spacial score (nSPS) is 21.3. The van der Waals surface area contributed by atoms with Gasteiger partial charge in [-0.3, -0.25) is 14.5 Å².